The van der Waals surface area contributed by atoms with Crippen LogP contribution < -0.4 is 15.4 Å². The molecule has 0 saturated heterocycles. The summed E-state index contributed by atoms with van der Waals surface area (Å²) in [7, 11) is 1.64. The first-order chi connectivity index (χ1) is 10.8. The first-order valence-electron chi connectivity index (χ1n) is 7.50. The highest BCUT2D eigenvalue weighted by Gasteiger charge is 2.12. The number of carbonyl (C=O) groups excluding carboxylic acids is 1. The summed E-state index contributed by atoms with van der Waals surface area (Å²) in [5.74, 6) is 0.733. The molecule has 4 heteroatoms. The van der Waals surface area contributed by atoms with E-state index < -0.39 is 0 Å². The summed E-state index contributed by atoms with van der Waals surface area (Å²) in [4.78, 5) is 12.3. The average Bonchev–Trinajstić information content (AvgIpc) is 2.59. The highest BCUT2D eigenvalue weighted by atomic mass is 16.5. The molecule has 1 aliphatic rings. The Kier molecular flexibility index (Phi) is 4.39. The van der Waals surface area contributed by atoms with E-state index in [0.29, 0.717) is 12.1 Å². The van der Waals surface area contributed by atoms with E-state index >= 15 is 0 Å². The quantitative estimate of drug-likeness (QED) is 0.910. The maximum absolute atomic E-state index is 12.3. The highest BCUT2D eigenvalue weighted by Crippen LogP contribution is 2.18. The second-order valence-electron chi connectivity index (χ2n) is 5.40. The van der Waals surface area contributed by atoms with Crippen molar-refractivity contribution in [2.75, 3.05) is 13.7 Å². The van der Waals surface area contributed by atoms with Crippen LogP contribution in [0.1, 0.15) is 27.0 Å². The molecule has 22 heavy (non-hydrogen) atoms. The molecule has 4 nitrogen and oxygen atoms in total. The molecule has 0 atom stereocenters. The first-order valence-corrected chi connectivity index (χ1v) is 7.50. The molecule has 0 bridgehead atoms. The van der Waals surface area contributed by atoms with Crippen LogP contribution in [0.3, 0.4) is 0 Å². The lowest BCUT2D eigenvalue weighted by molar-refractivity contribution is 0.0950. The molecule has 1 amide bonds. The summed E-state index contributed by atoms with van der Waals surface area (Å²) in [6, 6.07) is 13.7. The van der Waals surface area contributed by atoms with E-state index in [1.54, 1.807) is 7.11 Å². The zero-order valence-electron chi connectivity index (χ0n) is 12.7. The van der Waals surface area contributed by atoms with Gasteiger partial charge >= 0.3 is 0 Å². The van der Waals surface area contributed by atoms with Gasteiger partial charge < -0.3 is 15.4 Å². The van der Waals surface area contributed by atoms with Crippen molar-refractivity contribution < 1.29 is 9.53 Å². The van der Waals surface area contributed by atoms with Crippen LogP contribution >= 0.6 is 0 Å². The van der Waals surface area contributed by atoms with Crippen molar-refractivity contribution >= 4 is 5.91 Å². The van der Waals surface area contributed by atoms with Crippen LogP contribution in [-0.2, 0) is 19.5 Å². The summed E-state index contributed by atoms with van der Waals surface area (Å²) < 4.78 is 5.30. The molecule has 1 aliphatic heterocycles. The Bertz CT molecular complexity index is 683. The van der Waals surface area contributed by atoms with Gasteiger partial charge in [-0.2, -0.15) is 0 Å². The van der Waals surface area contributed by atoms with E-state index in [0.717, 1.165) is 30.8 Å². The molecule has 0 spiro atoms. The molecule has 2 aromatic carbocycles. The largest absolute Gasteiger partial charge is 0.496 e. The maximum atomic E-state index is 12.3. The summed E-state index contributed by atoms with van der Waals surface area (Å²) >= 11 is 0. The van der Waals surface area contributed by atoms with Crippen LogP contribution in [0, 0.1) is 0 Å². The van der Waals surface area contributed by atoms with Gasteiger partial charge in [0.1, 0.15) is 5.75 Å². The molecule has 3 rings (SSSR count). The molecular formula is C18H20N2O2. The Morgan fingerprint density at radius 3 is 2.95 bits per heavy atom. The van der Waals surface area contributed by atoms with Crippen molar-refractivity contribution in [1.82, 2.24) is 10.6 Å². The molecule has 0 aliphatic carbocycles. The zero-order chi connectivity index (χ0) is 15.4. The van der Waals surface area contributed by atoms with Gasteiger partial charge in [0, 0.05) is 24.2 Å². The minimum absolute atomic E-state index is 0.0562. The standard InChI is InChI=1S/C18H20N2O2/c1-22-17-5-3-2-4-15(17)12-20-18(21)14-7-6-13-8-9-19-11-16(13)10-14/h2-7,10,19H,8-9,11-12H2,1H3,(H,20,21). The molecular weight excluding hydrogens is 276 g/mol. The van der Waals surface area contributed by atoms with Gasteiger partial charge in [-0.25, -0.2) is 0 Å². The first kappa shape index (κ1) is 14.6. The van der Waals surface area contributed by atoms with E-state index in [1.807, 2.05) is 36.4 Å². The Morgan fingerprint density at radius 2 is 2.09 bits per heavy atom. The number of fused-ring (bicyclic) bond motifs is 1. The second-order valence-corrected chi connectivity index (χ2v) is 5.40. The summed E-state index contributed by atoms with van der Waals surface area (Å²) in [5, 5.41) is 6.29. The predicted octanol–water partition coefficient (Wildman–Crippen LogP) is 2.27. The van der Waals surface area contributed by atoms with E-state index in [-0.39, 0.29) is 5.91 Å². The van der Waals surface area contributed by atoms with Crippen LogP contribution in [-0.4, -0.2) is 19.6 Å². The molecule has 0 saturated carbocycles. The van der Waals surface area contributed by atoms with Crippen LogP contribution in [0.2, 0.25) is 0 Å². The van der Waals surface area contributed by atoms with Crippen LogP contribution in [0.25, 0.3) is 0 Å². The van der Waals surface area contributed by atoms with Crippen molar-refractivity contribution in [3.63, 3.8) is 0 Å². The molecule has 114 valence electrons. The number of methoxy groups -OCH3 is 1. The fourth-order valence-corrected chi connectivity index (χ4v) is 2.75. The third-order valence-corrected chi connectivity index (χ3v) is 3.99. The van der Waals surface area contributed by atoms with Gasteiger partial charge in [-0.05, 0) is 42.3 Å². The number of carbonyl (C=O) groups is 1. The van der Waals surface area contributed by atoms with E-state index in [4.69, 9.17) is 4.74 Å². The number of hydrogen-bond donors (Lipinski definition) is 2. The third-order valence-electron chi connectivity index (χ3n) is 3.99. The van der Waals surface area contributed by atoms with Crippen molar-refractivity contribution in [3.05, 3.63) is 64.7 Å². The van der Waals surface area contributed by atoms with Crippen LogP contribution in [0.5, 0.6) is 5.75 Å². The summed E-state index contributed by atoms with van der Waals surface area (Å²) in [6.45, 7) is 2.30. The molecule has 0 fully saturated rings. The smallest absolute Gasteiger partial charge is 0.251 e. The SMILES string of the molecule is COc1ccccc1CNC(=O)c1ccc2c(c1)CNCC2. The molecule has 2 aromatic rings. The third kappa shape index (κ3) is 3.12. The number of ether oxygens (including phenoxy) is 1. The fraction of sp³-hybridized carbons (Fsp3) is 0.278. The van der Waals surface area contributed by atoms with Crippen LogP contribution in [0.15, 0.2) is 42.5 Å². The number of rotatable bonds is 4. The predicted molar refractivity (Wildman–Crippen MR) is 86.0 cm³/mol. The molecule has 1 heterocycles. The number of para-hydroxylation sites is 1. The Morgan fingerprint density at radius 1 is 1.23 bits per heavy atom. The van der Waals surface area contributed by atoms with E-state index in [1.165, 1.54) is 11.1 Å². The molecule has 0 radical (unpaired) electrons. The van der Waals surface area contributed by atoms with Crippen molar-refractivity contribution in [2.45, 2.75) is 19.5 Å². The average molecular weight is 296 g/mol. The Balaban J connectivity index is 1.69. The van der Waals surface area contributed by atoms with Gasteiger partial charge in [0.25, 0.3) is 5.91 Å². The van der Waals surface area contributed by atoms with Gasteiger partial charge in [0.05, 0.1) is 7.11 Å². The highest BCUT2D eigenvalue weighted by molar-refractivity contribution is 5.94. The molecule has 0 aromatic heterocycles. The van der Waals surface area contributed by atoms with E-state index in [9.17, 15) is 4.79 Å². The zero-order valence-corrected chi connectivity index (χ0v) is 12.7. The fourth-order valence-electron chi connectivity index (χ4n) is 2.75. The monoisotopic (exact) mass is 296 g/mol. The topological polar surface area (TPSA) is 50.4 Å². The lowest BCUT2D eigenvalue weighted by Gasteiger charge is -2.17. The molecule has 0 unspecified atom stereocenters. The van der Waals surface area contributed by atoms with Gasteiger partial charge in [-0.3, -0.25) is 4.79 Å². The lowest BCUT2D eigenvalue weighted by Crippen LogP contribution is -2.26. The van der Waals surface area contributed by atoms with Gasteiger partial charge in [-0.15, -0.1) is 0 Å². The van der Waals surface area contributed by atoms with Gasteiger partial charge in [0.15, 0.2) is 0 Å². The Labute approximate surface area is 130 Å². The van der Waals surface area contributed by atoms with Crippen molar-refractivity contribution in [2.24, 2.45) is 0 Å². The maximum Gasteiger partial charge on any atom is 0.251 e. The molecule has 2 N–H and O–H groups in total. The number of hydrogen-bond acceptors (Lipinski definition) is 3. The minimum Gasteiger partial charge on any atom is -0.496 e. The lowest BCUT2D eigenvalue weighted by atomic mass is 9.98. The second kappa shape index (κ2) is 6.62. The van der Waals surface area contributed by atoms with Crippen molar-refractivity contribution in [1.29, 1.82) is 0 Å². The van der Waals surface area contributed by atoms with Gasteiger partial charge in [0.2, 0.25) is 0 Å². The minimum atomic E-state index is -0.0562. The van der Waals surface area contributed by atoms with Crippen molar-refractivity contribution in [3.8, 4) is 5.75 Å². The van der Waals surface area contributed by atoms with Gasteiger partial charge in [-0.1, -0.05) is 24.3 Å². The Hall–Kier alpha value is -2.33. The van der Waals surface area contributed by atoms with E-state index in [2.05, 4.69) is 16.7 Å². The number of amides is 1. The number of nitrogens with one attached hydrogen (secondary N) is 2. The summed E-state index contributed by atoms with van der Waals surface area (Å²) in [5.41, 5.74) is 4.23. The summed E-state index contributed by atoms with van der Waals surface area (Å²) in [6.07, 6.45) is 1.03. The van der Waals surface area contributed by atoms with Crippen LogP contribution in [0.4, 0.5) is 0 Å². The number of benzene rings is 2. The normalized spacial score (nSPS) is 13.3.